The largest absolute Gasteiger partial charge is 0.481 e. The molecule has 0 saturated heterocycles. The second-order valence-corrected chi connectivity index (χ2v) is 4.98. The van der Waals surface area contributed by atoms with E-state index < -0.39 is 30.1 Å². The van der Waals surface area contributed by atoms with Crippen LogP contribution in [0.2, 0.25) is 0 Å². The van der Waals surface area contributed by atoms with Crippen molar-refractivity contribution >= 4 is 5.97 Å². The predicted molar refractivity (Wildman–Crippen MR) is 58.7 cm³/mol. The van der Waals surface area contributed by atoms with E-state index in [0.717, 1.165) is 0 Å². The van der Waals surface area contributed by atoms with Gasteiger partial charge in [-0.1, -0.05) is 0 Å². The molecule has 0 rings (SSSR count). The Balaban J connectivity index is 4.79. The van der Waals surface area contributed by atoms with E-state index in [0.29, 0.717) is 0 Å². The first kappa shape index (κ1) is 16.7. The van der Waals surface area contributed by atoms with Crippen molar-refractivity contribution in [1.82, 2.24) is 4.90 Å². The molecule has 1 atom stereocenters. The molecule has 18 heavy (non-hydrogen) atoms. The number of hydrogen-bond acceptors (Lipinski definition) is 3. The third kappa shape index (κ3) is 5.87. The van der Waals surface area contributed by atoms with Gasteiger partial charge in [0, 0.05) is 18.6 Å². The Bertz CT molecular complexity index is 329. The van der Waals surface area contributed by atoms with Crippen LogP contribution in [0.15, 0.2) is 0 Å². The van der Waals surface area contributed by atoms with Crippen molar-refractivity contribution in [2.75, 3.05) is 13.1 Å². The van der Waals surface area contributed by atoms with Gasteiger partial charge in [0.05, 0.1) is 12.5 Å². The third-order valence-corrected chi connectivity index (χ3v) is 2.50. The Kier molecular flexibility index (Phi) is 5.61. The molecule has 0 aromatic carbocycles. The molecule has 0 aliphatic heterocycles. The molecule has 0 heterocycles. The smallest absolute Gasteiger partial charge is 0.405 e. The van der Waals surface area contributed by atoms with Crippen LogP contribution in [0, 0.1) is 17.2 Å². The standard InChI is InChI=1S/C11H17F3N2O2/c1-10(2,3)16(5-4-9(17)18)7-8(6-15)11(12,13)14/h8H,4-5,7H2,1-3H3,(H,17,18). The molecule has 7 heteroatoms. The highest BCUT2D eigenvalue weighted by molar-refractivity contribution is 5.66. The molecule has 0 aliphatic carbocycles. The minimum atomic E-state index is -4.60. The van der Waals surface area contributed by atoms with Gasteiger partial charge in [0.25, 0.3) is 0 Å². The second kappa shape index (κ2) is 6.05. The number of rotatable bonds is 5. The molecule has 0 fully saturated rings. The van der Waals surface area contributed by atoms with Gasteiger partial charge < -0.3 is 5.11 Å². The molecule has 0 aromatic rings. The first-order valence-corrected chi connectivity index (χ1v) is 5.41. The van der Waals surface area contributed by atoms with Crippen LogP contribution < -0.4 is 0 Å². The van der Waals surface area contributed by atoms with Crippen LogP contribution in [-0.2, 0) is 4.79 Å². The van der Waals surface area contributed by atoms with Gasteiger partial charge in [-0.3, -0.25) is 9.69 Å². The van der Waals surface area contributed by atoms with E-state index in [-0.39, 0.29) is 13.0 Å². The monoisotopic (exact) mass is 266 g/mol. The molecule has 0 bridgehead atoms. The zero-order chi connectivity index (χ0) is 14.6. The number of nitriles is 1. The molecule has 1 N–H and O–H groups in total. The average Bonchev–Trinajstić information content (AvgIpc) is 2.13. The van der Waals surface area contributed by atoms with Crippen LogP contribution >= 0.6 is 0 Å². The van der Waals surface area contributed by atoms with Gasteiger partial charge in [-0.05, 0) is 20.8 Å². The molecule has 0 radical (unpaired) electrons. The Labute approximate surface area is 104 Å². The number of aliphatic carboxylic acids is 1. The average molecular weight is 266 g/mol. The van der Waals surface area contributed by atoms with E-state index in [9.17, 15) is 18.0 Å². The van der Waals surface area contributed by atoms with Crippen molar-refractivity contribution < 1.29 is 23.1 Å². The lowest BCUT2D eigenvalue weighted by Crippen LogP contribution is -2.47. The van der Waals surface area contributed by atoms with E-state index in [2.05, 4.69) is 0 Å². The summed E-state index contributed by atoms with van der Waals surface area (Å²) in [6.45, 7) is 4.50. The third-order valence-electron chi connectivity index (χ3n) is 2.50. The Morgan fingerprint density at radius 1 is 1.39 bits per heavy atom. The maximum Gasteiger partial charge on any atom is 0.405 e. The summed E-state index contributed by atoms with van der Waals surface area (Å²) in [5, 5.41) is 17.1. The van der Waals surface area contributed by atoms with Crippen LogP contribution in [0.4, 0.5) is 13.2 Å². The number of halogens is 3. The van der Waals surface area contributed by atoms with Gasteiger partial charge in [0.1, 0.15) is 0 Å². The molecular formula is C11H17F3N2O2. The first-order chi connectivity index (χ1) is 7.98. The van der Waals surface area contributed by atoms with Gasteiger partial charge in [-0.2, -0.15) is 18.4 Å². The summed E-state index contributed by atoms with van der Waals surface area (Å²) in [4.78, 5) is 11.8. The van der Waals surface area contributed by atoms with Crippen molar-refractivity contribution in [3.8, 4) is 6.07 Å². The van der Waals surface area contributed by atoms with Gasteiger partial charge in [0.15, 0.2) is 5.92 Å². The van der Waals surface area contributed by atoms with Gasteiger partial charge in [-0.15, -0.1) is 0 Å². The lowest BCUT2D eigenvalue weighted by molar-refractivity contribution is -0.166. The number of alkyl halides is 3. The quantitative estimate of drug-likeness (QED) is 0.829. The zero-order valence-corrected chi connectivity index (χ0v) is 10.6. The van der Waals surface area contributed by atoms with Gasteiger partial charge in [-0.25, -0.2) is 0 Å². The number of carbonyl (C=O) groups is 1. The number of hydrogen-bond donors (Lipinski definition) is 1. The highest BCUT2D eigenvalue weighted by atomic mass is 19.4. The van der Waals surface area contributed by atoms with E-state index >= 15 is 0 Å². The summed E-state index contributed by atoms with van der Waals surface area (Å²) >= 11 is 0. The van der Waals surface area contributed by atoms with Crippen molar-refractivity contribution in [2.24, 2.45) is 5.92 Å². The van der Waals surface area contributed by atoms with Crippen molar-refractivity contribution in [1.29, 1.82) is 5.26 Å². The highest BCUT2D eigenvalue weighted by Gasteiger charge is 2.42. The van der Waals surface area contributed by atoms with Crippen LogP contribution in [0.1, 0.15) is 27.2 Å². The molecule has 4 nitrogen and oxygen atoms in total. The van der Waals surface area contributed by atoms with Crippen molar-refractivity contribution in [3.05, 3.63) is 0 Å². The fraction of sp³-hybridized carbons (Fsp3) is 0.818. The second-order valence-electron chi connectivity index (χ2n) is 4.98. The normalized spacial score (nSPS) is 14.3. The minimum Gasteiger partial charge on any atom is -0.481 e. The maximum absolute atomic E-state index is 12.5. The molecule has 0 spiro atoms. The Morgan fingerprint density at radius 2 is 1.89 bits per heavy atom. The molecule has 0 amide bonds. The van der Waals surface area contributed by atoms with Gasteiger partial charge >= 0.3 is 12.1 Å². The Morgan fingerprint density at radius 3 is 2.17 bits per heavy atom. The number of carboxylic acid groups (broad SMARTS) is 1. The lowest BCUT2D eigenvalue weighted by atomic mass is 10.0. The maximum atomic E-state index is 12.5. The van der Waals surface area contributed by atoms with Crippen LogP contribution in [0.25, 0.3) is 0 Å². The summed E-state index contributed by atoms with van der Waals surface area (Å²) in [6, 6.07) is 1.22. The van der Waals surface area contributed by atoms with Crippen LogP contribution in [0.5, 0.6) is 0 Å². The summed E-state index contributed by atoms with van der Waals surface area (Å²) in [5.41, 5.74) is -0.629. The van der Waals surface area contributed by atoms with E-state index in [1.807, 2.05) is 0 Å². The molecular weight excluding hydrogens is 249 g/mol. The number of nitrogens with zero attached hydrogens (tertiary/aromatic N) is 2. The molecule has 0 aliphatic rings. The Hall–Kier alpha value is -1.29. The van der Waals surface area contributed by atoms with E-state index in [1.54, 1.807) is 20.8 Å². The lowest BCUT2D eigenvalue weighted by Gasteiger charge is -2.36. The van der Waals surface area contributed by atoms with E-state index in [1.165, 1.54) is 11.0 Å². The summed E-state index contributed by atoms with van der Waals surface area (Å²) in [5.74, 6) is -3.18. The highest BCUT2D eigenvalue weighted by Crippen LogP contribution is 2.28. The van der Waals surface area contributed by atoms with Crippen LogP contribution in [-0.4, -0.2) is 40.8 Å². The molecule has 1 unspecified atom stereocenters. The topological polar surface area (TPSA) is 64.3 Å². The minimum absolute atomic E-state index is 0.0207. The fourth-order valence-corrected chi connectivity index (χ4v) is 1.37. The molecule has 104 valence electrons. The predicted octanol–water partition coefficient (Wildman–Crippen LogP) is 2.26. The number of carboxylic acids is 1. The summed E-state index contributed by atoms with van der Waals surface area (Å²) in [7, 11) is 0. The van der Waals surface area contributed by atoms with Crippen LogP contribution in [0.3, 0.4) is 0 Å². The van der Waals surface area contributed by atoms with E-state index in [4.69, 9.17) is 10.4 Å². The fourth-order valence-electron chi connectivity index (χ4n) is 1.37. The molecule has 0 saturated carbocycles. The SMILES string of the molecule is CC(C)(C)N(CCC(=O)O)CC(C#N)C(F)(F)F. The van der Waals surface area contributed by atoms with Crippen molar-refractivity contribution in [3.63, 3.8) is 0 Å². The zero-order valence-electron chi connectivity index (χ0n) is 10.6. The molecule has 0 aromatic heterocycles. The van der Waals surface area contributed by atoms with Gasteiger partial charge in [0.2, 0.25) is 0 Å². The van der Waals surface area contributed by atoms with Crippen molar-refractivity contribution in [2.45, 2.75) is 38.9 Å². The first-order valence-electron chi connectivity index (χ1n) is 5.41. The summed E-state index contributed by atoms with van der Waals surface area (Å²) < 4.78 is 37.5. The summed E-state index contributed by atoms with van der Waals surface area (Å²) in [6.07, 6.45) is -4.85.